The van der Waals surface area contributed by atoms with Crippen LogP contribution in [0.3, 0.4) is 0 Å². The van der Waals surface area contributed by atoms with Gasteiger partial charge in [-0.15, -0.1) is 0 Å². The van der Waals surface area contributed by atoms with Crippen molar-refractivity contribution in [2.45, 2.75) is 45.3 Å². The summed E-state index contributed by atoms with van der Waals surface area (Å²) in [5, 5.41) is 9.55. The molecule has 0 bridgehead atoms. The standard InChI is InChI=1S/C20H24O6/c1-4-12(2)19(23)25-16-8-14(10-21)6-5-7-15(11-22)9-17-18(16)13(3)20(24)26-17/h4,6,9-10,16-18,22H,3,5,7-8,11H2,1-2H3/b12-4-,14-6-,15-9-/t16-,17+,18+/m0/s1. The number of allylic oxidation sites excluding steroid dienone is 2. The Hall–Kier alpha value is -2.47. The highest BCUT2D eigenvalue weighted by Crippen LogP contribution is 2.36. The van der Waals surface area contributed by atoms with Crippen LogP contribution in [0, 0.1) is 5.92 Å². The molecule has 1 heterocycles. The van der Waals surface area contributed by atoms with E-state index in [-0.39, 0.29) is 18.6 Å². The summed E-state index contributed by atoms with van der Waals surface area (Å²) < 4.78 is 11.0. The number of hydrogen-bond acceptors (Lipinski definition) is 6. The van der Waals surface area contributed by atoms with E-state index in [4.69, 9.17) is 9.47 Å². The maximum Gasteiger partial charge on any atom is 0.334 e. The summed E-state index contributed by atoms with van der Waals surface area (Å²) in [6.07, 6.45) is 5.63. The van der Waals surface area contributed by atoms with Crippen LogP contribution in [-0.4, -0.2) is 42.1 Å². The summed E-state index contributed by atoms with van der Waals surface area (Å²) in [5.74, 6) is -1.69. The van der Waals surface area contributed by atoms with Gasteiger partial charge in [0.2, 0.25) is 0 Å². The molecule has 0 aromatic carbocycles. The van der Waals surface area contributed by atoms with Gasteiger partial charge >= 0.3 is 11.9 Å². The second-order valence-electron chi connectivity index (χ2n) is 6.46. The van der Waals surface area contributed by atoms with Crippen LogP contribution in [0.1, 0.15) is 33.1 Å². The smallest absolute Gasteiger partial charge is 0.334 e. The molecule has 6 heteroatoms. The summed E-state index contributed by atoms with van der Waals surface area (Å²) in [6, 6.07) is 0. The Morgan fingerprint density at radius 1 is 1.50 bits per heavy atom. The first-order valence-electron chi connectivity index (χ1n) is 8.59. The molecule has 2 rings (SSSR count). The number of ether oxygens (including phenoxy) is 2. The molecule has 3 atom stereocenters. The molecule has 26 heavy (non-hydrogen) atoms. The summed E-state index contributed by atoms with van der Waals surface area (Å²) in [5.41, 5.74) is 1.80. The van der Waals surface area contributed by atoms with E-state index in [0.29, 0.717) is 29.6 Å². The van der Waals surface area contributed by atoms with Crippen molar-refractivity contribution >= 4 is 18.2 Å². The van der Waals surface area contributed by atoms with Crippen molar-refractivity contribution in [3.63, 3.8) is 0 Å². The first-order chi connectivity index (χ1) is 12.4. The van der Waals surface area contributed by atoms with Gasteiger partial charge in [0.25, 0.3) is 0 Å². The van der Waals surface area contributed by atoms with Gasteiger partial charge in [-0.25, -0.2) is 9.59 Å². The predicted molar refractivity (Wildman–Crippen MR) is 95.0 cm³/mol. The van der Waals surface area contributed by atoms with Crippen LogP contribution in [0.4, 0.5) is 0 Å². The molecule has 1 aliphatic carbocycles. The molecule has 2 aliphatic rings. The normalized spacial score (nSPS) is 31.0. The van der Waals surface area contributed by atoms with E-state index in [9.17, 15) is 19.5 Å². The number of aliphatic hydroxyl groups excluding tert-OH is 1. The predicted octanol–water partition coefficient (Wildman–Crippen LogP) is 2.19. The zero-order valence-electron chi connectivity index (χ0n) is 15.1. The fourth-order valence-corrected chi connectivity index (χ4v) is 3.07. The van der Waals surface area contributed by atoms with Crippen LogP contribution in [0.25, 0.3) is 0 Å². The lowest BCUT2D eigenvalue weighted by Crippen LogP contribution is -2.34. The minimum absolute atomic E-state index is 0.172. The maximum absolute atomic E-state index is 12.3. The van der Waals surface area contributed by atoms with Crippen molar-refractivity contribution in [3.8, 4) is 0 Å². The van der Waals surface area contributed by atoms with Crippen LogP contribution >= 0.6 is 0 Å². The van der Waals surface area contributed by atoms with E-state index in [0.717, 1.165) is 6.29 Å². The van der Waals surface area contributed by atoms with Gasteiger partial charge in [0.1, 0.15) is 18.5 Å². The first-order valence-corrected chi connectivity index (χ1v) is 8.59. The van der Waals surface area contributed by atoms with E-state index >= 15 is 0 Å². The summed E-state index contributed by atoms with van der Waals surface area (Å²) in [6.45, 7) is 6.96. The van der Waals surface area contributed by atoms with Gasteiger partial charge in [0.15, 0.2) is 0 Å². The molecule has 0 aromatic rings. The molecule has 6 nitrogen and oxygen atoms in total. The van der Waals surface area contributed by atoms with E-state index in [1.165, 1.54) is 0 Å². The van der Waals surface area contributed by atoms with E-state index in [1.807, 2.05) is 0 Å². The average Bonchev–Trinajstić information content (AvgIpc) is 2.91. The van der Waals surface area contributed by atoms with Crippen LogP contribution in [-0.2, 0) is 23.9 Å². The molecular formula is C20H24O6. The van der Waals surface area contributed by atoms with Crippen molar-refractivity contribution in [2.75, 3.05) is 6.61 Å². The Balaban J connectivity index is 2.45. The van der Waals surface area contributed by atoms with Gasteiger partial charge < -0.3 is 14.6 Å². The van der Waals surface area contributed by atoms with Gasteiger partial charge in [-0.05, 0) is 43.9 Å². The highest BCUT2D eigenvalue weighted by molar-refractivity contribution is 5.92. The topological polar surface area (TPSA) is 89.9 Å². The first kappa shape index (κ1) is 19.8. The Kier molecular flexibility index (Phi) is 6.69. The fraction of sp³-hybridized carbons (Fsp3) is 0.450. The van der Waals surface area contributed by atoms with Crippen LogP contribution in [0.2, 0.25) is 0 Å². The largest absolute Gasteiger partial charge is 0.458 e. The van der Waals surface area contributed by atoms with Gasteiger partial charge in [-0.2, -0.15) is 0 Å². The molecule has 0 aromatic heterocycles. The number of carbonyl (C=O) groups excluding carboxylic acids is 3. The number of carbonyl (C=O) groups is 3. The number of fused-ring (bicyclic) bond motifs is 1. The third-order valence-electron chi connectivity index (χ3n) is 4.74. The van der Waals surface area contributed by atoms with E-state index < -0.39 is 30.1 Å². The Bertz CT molecular complexity index is 697. The van der Waals surface area contributed by atoms with Crippen molar-refractivity contribution in [3.05, 3.63) is 47.1 Å². The minimum Gasteiger partial charge on any atom is -0.458 e. The number of aliphatic hydroxyl groups is 1. The van der Waals surface area contributed by atoms with Gasteiger partial charge in [-0.3, -0.25) is 4.79 Å². The summed E-state index contributed by atoms with van der Waals surface area (Å²) in [7, 11) is 0. The quantitative estimate of drug-likeness (QED) is 0.358. The third kappa shape index (κ3) is 4.38. The van der Waals surface area contributed by atoms with Crippen LogP contribution in [0.15, 0.2) is 47.1 Å². The maximum atomic E-state index is 12.3. The zero-order valence-corrected chi connectivity index (χ0v) is 15.1. The molecular weight excluding hydrogens is 336 g/mol. The van der Waals surface area contributed by atoms with Gasteiger partial charge in [-0.1, -0.05) is 18.7 Å². The second-order valence-corrected chi connectivity index (χ2v) is 6.46. The summed E-state index contributed by atoms with van der Waals surface area (Å²) in [4.78, 5) is 35.8. The Morgan fingerprint density at radius 2 is 2.23 bits per heavy atom. The van der Waals surface area contributed by atoms with Crippen molar-refractivity contribution in [1.29, 1.82) is 0 Å². The molecule has 0 amide bonds. The SMILES string of the molecule is C=C1C(=O)O[C@@H]2/C=C(\CO)CC/C=C(\C=O)C[C@H](OC(=O)/C(C)=C\C)[C@@H]12. The van der Waals surface area contributed by atoms with Crippen molar-refractivity contribution in [1.82, 2.24) is 0 Å². The number of rotatable bonds is 4. The fourth-order valence-electron chi connectivity index (χ4n) is 3.07. The third-order valence-corrected chi connectivity index (χ3v) is 4.74. The lowest BCUT2D eigenvalue weighted by Gasteiger charge is -2.27. The highest BCUT2D eigenvalue weighted by atomic mass is 16.6. The molecule has 0 radical (unpaired) electrons. The van der Waals surface area contributed by atoms with Gasteiger partial charge in [0, 0.05) is 17.6 Å². The Morgan fingerprint density at radius 3 is 2.85 bits per heavy atom. The number of hydrogen-bond donors (Lipinski definition) is 1. The summed E-state index contributed by atoms with van der Waals surface area (Å²) >= 11 is 0. The second kappa shape index (κ2) is 8.76. The number of aldehydes is 1. The highest BCUT2D eigenvalue weighted by Gasteiger charge is 2.44. The molecule has 1 fully saturated rings. The number of esters is 2. The molecule has 1 N–H and O–H groups in total. The lowest BCUT2D eigenvalue weighted by atomic mass is 9.85. The van der Waals surface area contributed by atoms with Crippen molar-refractivity contribution < 1.29 is 29.0 Å². The zero-order chi connectivity index (χ0) is 19.3. The molecule has 0 unspecified atom stereocenters. The minimum atomic E-state index is -0.771. The van der Waals surface area contributed by atoms with Gasteiger partial charge in [0.05, 0.1) is 12.5 Å². The van der Waals surface area contributed by atoms with Crippen LogP contribution < -0.4 is 0 Å². The Labute approximate surface area is 152 Å². The molecule has 140 valence electrons. The van der Waals surface area contributed by atoms with Crippen molar-refractivity contribution in [2.24, 2.45) is 5.92 Å². The molecule has 1 aliphatic heterocycles. The monoisotopic (exact) mass is 360 g/mol. The van der Waals surface area contributed by atoms with E-state index in [1.54, 1.807) is 32.1 Å². The van der Waals surface area contributed by atoms with E-state index in [2.05, 4.69) is 6.58 Å². The molecule has 0 spiro atoms. The average molecular weight is 360 g/mol. The van der Waals surface area contributed by atoms with Crippen LogP contribution in [0.5, 0.6) is 0 Å². The lowest BCUT2D eigenvalue weighted by molar-refractivity contribution is -0.147. The molecule has 1 saturated heterocycles. The molecule has 0 saturated carbocycles.